The third-order valence-electron chi connectivity index (χ3n) is 3.79. The zero-order valence-corrected chi connectivity index (χ0v) is 12.0. The molecule has 1 aromatic heterocycles. The molecule has 1 aliphatic carbocycles. The first kappa shape index (κ1) is 12.2. The van der Waals surface area contributed by atoms with Gasteiger partial charge in [0, 0.05) is 6.04 Å². The van der Waals surface area contributed by atoms with E-state index in [0.29, 0.717) is 6.04 Å². The van der Waals surface area contributed by atoms with Crippen molar-refractivity contribution in [3.63, 3.8) is 0 Å². The van der Waals surface area contributed by atoms with Gasteiger partial charge in [-0.25, -0.2) is 4.98 Å². The summed E-state index contributed by atoms with van der Waals surface area (Å²) in [5.74, 6) is 0.737. The van der Waals surface area contributed by atoms with Crippen LogP contribution in [0.3, 0.4) is 0 Å². The molecule has 2 aromatic rings. The Bertz CT molecular complexity index is 552. The minimum absolute atomic E-state index is 0.568. The van der Waals surface area contributed by atoms with Crippen molar-refractivity contribution in [3.05, 3.63) is 23.2 Å². The summed E-state index contributed by atoms with van der Waals surface area (Å²) in [6, 6.07) is 6.47. The third-order valence-corrected chi connectivity index (χ3v) is 5.25. The van der Waals surface area contributed by atoms with E-state index in [-0.39, 0.29) is 0 Å². The number of rotatable bonds is 2. The molecule has 1 fully saturated rings. The monoisotopic (exact) mass is 280 g/mol. The van der Waals surface area contributed by atoms with Gasteiger partial charge in [0.2, 0.25) is 0 Å². The molecule has 1 N–H and O–H groups in total. The lowest BCUT2D eigenvalue weighted by molar-refractivity contribution is 0.349. The predicted octanol–water partition coefficient (Wildman–Crippen LogP) is 4.94. The Morgan fingerprint density at radius 1 is 1.33 bits per heavy atom. The molecule has 0 radical (unpaired) electrons. The van der Waals surface area contributed by atoms with Crippen LogP contribution in [0.15, 0.2) is 18.2 Å². The van der Waals surface area contributed by atoms with Gasteiger partial charge in [-0.15, -0.1) is 0 Å². The lowest BCUT2D eigenvalue weighted by Gasteiger charge is -2.29. The van der Waals surface area contributed by atoms with Gasteiger partial charge in [0.25, 0.3) is 0 Å². The summed E-state index contributed by atoms with van der Waals surface area (Å²) in [5.41, 5.74) is 0.999. The Hall–Kier alpha value is -0.800. The van der Waals surface area contributed by atoms with Crippen molar-refractivity contribution in [1.82, 2.24) is 4.98 Å². The van der Waals surface area contributed by atoms with Crippen LogP contribution in [0.1, 0.15) is 32.6 Å². The summed E-state index contributed by atoms with van der Waals surface area (Å²) in [7, 11) is 0. The molecule has 0 spiro atoms. The van der Waals surface area contributed by atoms with Gasteiger partial charge in [0.1, 0.15) is 0 Å². The van der Waals surface area contributed by atoms with Gasteiger partial charge < -0.3 is 5.32 Å². The fraction of sp³-hybridized carbons (Fsp3) is 0.500. The summed E-state index contributed by atoms with van der Waals surface area (Å²) < 4.78 is 1.09. The molecule has 0 bridgehead atoms. The highest BCUT2D eigenvalue weighted by atomic mass is 35.5. The average molecular weight is 281 g/mol. The molecule has 1 aromatic carbocycles. The Morgan fingerprint density at radius 2 is 2.17 bits per heavy atom. The molecule has 3 rings (SSSR count). The van der Waals surface area contributed by atoms with E-state index in [1.165, 1.54) is 25.7 Å². The van der Waals surface area contributed by atoms with Crippen molar-refractivity contribution in [1.29, 1.82) is 0 Å². The third kappa shape index (κ3) is 2.34. The number of nitrogens with zero attached hydrogens (tertiary/aromatic N) is 1. The minimum atomic E-state index is 0.568. The Kier molecular flexibility index (Phi) is 3.44. The van der Waals surface area contributed by atoms with Gasteiger partial charge in [-0.2, -0.15) is 0 Å². The second-order valence-electron chi connectivity index (χ2n) is 5.12. The molecule has 0 saturated heterocycles. The smallest absolute Gasteiger partial charge is 0.184 e. The van der Waals surface area contributed by atoms with Gasteiger partial charge in [0.15, 0.2) is 5.13 Å². The standard InChI is InChI=1S/C14H17ClN2S/c1-9-5-2-3-7-11(9)16-14-17-12-8-4-6-10(15)13(12)18-14/h4,6,8-9,11H,2-3,5,7H2,1H3,(H,16,17). The SMILES string of the molecule is CC1CCCCC1Nc1nc2cccc(Cl)c2s1. The van der Waals surface area contributed by atoms with Crippen molar-refractivity contribution in [2.45, 2.75) is 38.6 Å². The van der Waals surface area contributed by atoms with Crippen molar-refractivity contribution < 1.29 is 0 Å². The van der Waals surface area contributed by atoms with E-state index in [9.17, 15) is 0 Å². The van der Waals surface area contributed by atoms with Crippen LogP contribution in [0.2, 0.25) is 5.02 Å². The molecule has 0 amide bonds. The highest BCUT2D eigenvalue weighted by Gasteiger charge is 2.22. The molecule has 4 heteroatoms. The number of nitrogens with one attached hydrogen (secondary N) is 1. The Morgan fingerprint density at radius 3 is 2.94 bits per heavy atom. The highest BCUT2D eigenvalue weighted by molar-refractivity contribution is 7.22. The van der Waals surface area contributed by atoms with Crippen LogP contribution in [0, 0.1) is 5.92 Å². The second-order valence-corrected chi connectivity index (χ2v) is 6.53. The van der Waals surface area contributed by atoms with Crippen molar-refractivity contribution >= 4 is 38.3 Å². The van der Waals surface area contributed by atoms with Gasteiger partial charge >= 0.3 is 0 Å². The van der Waals surface area contributed by atoms with Crippen molar-refractivity contribution in [2.75, 3.05) is 5.32 Å². The van der Waals surface area contributed by atoms with Gasteiger partial charge in [-0.1, -0.05) is 48.8 Å². The molecule has 1 saturated carbocycles. The molecule has 18 heavy (non-hydrogen) atoms. The first-order chi connectivity index (χ1) is 8.74. The van der Waals surface area contributed by atoms with E-state index < -0.39 is 0 Å². The molecule has 0 aliphatic heterocycles. The maximum atomic E-state index is 6.18. The van der Waals surface area contributed by atoms with E-state index in [4.69, 9.17) is 11.6 Å². The summed E-state index contributed by atoms with van der Waals surface area (Å²) >= 11 is 7.85. The van der Waals surface area contributed by atoms with Crippen LogP contribution < -0.4 is 5.32 Å². The van der Waals surface area contributed by atoms with Crippen LogP contribution in [-0.4, -0.2) is 11.0 Å². The van der Waals surface area contributed by atoms with E-state index >= 15 is 0 Å². The molecule has 2 atom stereocenters. The number of aromatic nitrogens is 1. The lowest BCUT2D eigenvalue weighted by Crippen LogP contribution is -2.30. The quantitative estimate of drug-likeness (QED) is 0.843. The first-order valence-corrected chi connectivity index (χ1v) is 7.75. The average Bonchev–Trinajstić information content (AvgIpc) is 2.76. The lowest BCUT2D eigenvalue weighted by atomic mass is 9.86. The fourth-order valence-electron chi connectivity index (χ4n) is 2.67. The van der Waals surface area contributed by atoms with Crippen LogP contribution in [0.4, 0.5) is 5.13 Å². The normalized spacial score (nSPS) is 24.3. The minimum Gasteiger partial charge on any atom is -0.358 e. The Labute approximate surface area is 116 Å². The zero-order chi connectivity index (χ0) is 12.5. The van der Waals surface area contributed by atoms with E-state index in [1.54, 1.807) is 11.3 Å². The summed E-state index contributed by atoms with van der Waals surface area (Å²) in [4.78, 5) is 4.63. The van der Waals surface area contributed by atoms with Gasteiger partial charge in [0.05, 0.1) is 15.2 Å². The summed E-state index contributed by atoms with van der Waals surface area (Å²) in [6.45, 7) is 2.33. The number of fused-ring (bicyclic) bond motifs is 1. The molecular weight excluding hydrogens is 264 g/mol. The molecule has 1 heterocycles. The van der Waals surface area contributed by atoms with Crippen LogP contribution in [0.25, 0.3) is 10.2 Å². The number of halogens is 1. The van der Waals surface area contributed by atoms with Crippen LogP contribution >= 0.6 is 22.9 Å². The molecule has 2 nitrogen and oxygen atoms in total. The van der Waals surface area contributed by atoms with Crippen molar-refractivity contribution in [3.8, 4) is 0 Å². The number of hydrogen-bond donors (Lipinski definition) is 1. The number of anilines is 1. The number of thiazole rings is 1. The number of benzene rings is 1. The first-order valence-electron chi connectivity index (χ1n) is 6.55. The molecule has 96 valence electrons. The maximum absolute atomic E-state index is 6.18. The number of hydrogen-bond acceptors (Lipinski definition) is 3. The topological polar surface area (TPSA) is 24.9 Å². The summed E-state index contributed by atoms with van der Waals surface area (Å²) in [5, 5.41) is 5.41. The zero-order valence-electron chi connectivity index (χ0n) is 10.4. The second kappa shape index (κ2) is 5.06. The Balaban J connectivity index is 1.84. The largest absolute Gasteiger partial charge is 0.358 e. The molecular formula is C14H17ClN2S. The summed E-state index contributed by atoms with van der Waals surface area (Å²) in [6.07, 6.45) is 5.27. The predicted molar refractivity (Wildman–Crippen MR) is 79.7 cm³/mol. The molecule has 2 unspecified atom stereocenters. The maximum Gasteiger partial charge on any atom is 0.184 e. The van der Waals surface area contributed by atoms with Gasteiger partial charge in [-0.3, -0.25) is 0 Å². The van der Waals surface area contributed by atoms with E-state index in [0.717, 1.165) is 26.3 Å². The van der Waals surface area contributed by atoms with Crippen molar-refractivity contribution in [2.24, 2.45) is 5.92 Å². The van der Waals surface area contributed by atoms with Crippen LogP contribution in [0.5, 0.6) is 0 Å². The van der Waals surface area contributed by atoms with E-state index in [2.05, 4.69) is 17.2 Å². The van der Waals surface area contributed by atoms with Crippen LogP contribution in [-0.2, 0) is 0 Å². The van der Waals surface area contributed by atoms with Gasteiger partial charge in [-0.05, 0) is 30.9 Å². The molecule has 1 aliphatic rings. The van der Waals surface area contributed by atoms with E-state index in [1.807, 2.05) is 18.2 Å². The fourth-order valence-corrected chi connectivity index (χ4v) is 3.88. The highest BCUT2D eigenvalue weighted by Crippen LogP contribution is 2.34.